The van der Waals surface area contributed by atoms with Gasteiger partial charge in [0.25, 0.3) is 5.91 Å². The van der Waals surface area contributed by atoms with Crippen molar-refractivity contribution < 1.29 is 13.2 Å². The first-order valence-electron chi connectivity index (χ1n) is 10.2. The number of nitrogens with one attached hydrogen (secondary N) is 2. The van der Waals surface area contributed by atoms with E-state index in [1.54, 1.807) is 12.1 Å². The van der Waals surface area contributed by atoms with Gasteiger partial charge in [0.05, 0.1) is 23.1 Å². The lowest BCUT2D eigenvalue weighted by Gasteiger charge is -2.35. The number of carbonyl (C=O) groups is 1. The normalized spacial score (nSPS) is 16.9. The third kappa shape index (κ3) is 4.90. The van der Waals surface area contributed by atoms with Crippen molar-refractivity contribution in [3.63, 3.8) is 0 Å². The number of anilines is 4. The maximum Gasteiger partial charge on any atom is 0.254 e. The Kier molecular flexibility index (Phi) is 5.86. The molecule has 1 saturated carbocycles. The van der Waals surface area contributed by atoms with Crippen molar-refractivity contribution in [2.75, 3.05) is 48.0 Å². The third-order valence-corrected chi connectivity index (χ3v) is 6.70. The highest BCUT2D eigenvalue weighted by Gasteiger charge is 2.26. The molecule has 2 heterocycles. The summed E-state index contributed by atoms with van der Waals surface area (Å²) < 4.78 is 24.9. The molecule has 168 valence electrons. The number of nitriles is 1. The number of amides is 1. The number of aromatic nitrogens is 2. The van der Waals surface area contributed by atoms with Crippen molar-refractivity contribution in [1.29, 1.82) is 5.26 Å². The minimum Gasteiger partial charge on any atom is -0.368 e. The summed E-state index contributed by atoms with van der Waals surface area (Å²) in [5.41, 5.74) is 7.45. The molecule has 0 radical (unpaired) electrons. The summed E-state index contributed by atoms with van der Waals surface area (Å²) >= 11 is 0. The van der Waals surface area contributed by atoms with Gasteiger partial charge in [0.1, 0.15) is 11.9 Å². The van der Waals surface area contributed by atoms with E-state index in [1.165, 1.54) is 16.8 Å². The van der Waals surface area contributed by atoms with Gasteiger partial charge in [0.15, 0.2) is 0 Å². The molecule has 0 spiro atoms. The maximum atomic E-state index is 11.7. The largest absolute Gasteiger partial charge is 0.368 e. The number of piperazine rings is 1. The van der Waals surface area contributed by atoms with Crippen molar-refractivity contribution in [1.82, 2.24) is 14.3 Å². The summed E-state index contributed by atoms with van der Waals surface area (Å²) in [6.45, 7) is 1.76. The Bertz CT molecular complexity index is 1180. The molecular formula is C20H24N8O3S. The zero-order valence-electron chi connectivity index (χ0n) is 17.6. The molecule has 1 saturated heterocycles. The SMILES string of the molecule is CS(=O)(=O)N1CCN(c2ccc(Nc3ncc(C(N)=O)c(NC4CC4)n3)cc2C#N)CC1. The Hall–Kier alpha value is -3.43. The lowest BCUT2D eigenvalue weighted by molar-refractivity contribution is 0.100. The van der Waals surface area contributed by atoms with Crippen LogP contribution in [0.1, 0.15) is 28.8 Å². The first-order chi connectivity index (χ1) is 15.2. The molecule has 12 heteroatoms. The zero-order chi connectivity index (χ0) is 22.9. The maximum absolute atomic E-state index is 11.7. The Morgan fingerprint density at radius 2 is 1.97 bits per heavy atom. The van der Waals surface area contributed by atoms with Crippen LogP contribution in [0.15, 0.2) is 24.4 Å². The van der Waals surface area contributed by atoms with Crippen LogP contribution in [0.5, 0.6) is 0 Å². The number of nitrogens with two attached hydrogens (primary N) is 1. The van der Waals surface area contributed by atoms with Gasteiger partial charge in [0, 0.05) is 44.1 Å². The van der Waals surface area contributed by atoms with Crippen LogP contribution in [0.4, 0.5) is 23.1 Å². The van der Waals surface area contributed by atoms with Crippen LogP contribution in [0.3, 0.4) is 0 Å². The minimum atomic E-state index is -3.22. The van der Waals surface area contributed by atoms with Crippen LogP contribution in [-0.2, 0) is 10.0 Å². The van der Waals surface area contributed by atoms with E-state index in [9.17, 15) is 18.5 Å². The first kappa shape index (κ1) is 21.8. The quantitative estimate of drug-likeness (QED) is 0.549. The Labute approximate surface area is 186 Å². The van der Waals surface area contributed by atoms with Gasteiger partial charge in [-0.15, -0.1) is 0 Å². The van der Waals surface area contributed by atoms with Gasteiger partial charge in [-0.1, -0.05) is 0 Å². The Balaban J connectivity index is 1.51. The van der Waals surface area contributed by atoms with Gasteiger partial charge < -0.3 is 21.3 Å². The molecule has 2 aliphatic rings. The number of rotatable bonds is 7. The number of carbonyl (C=O) groups excluding carboxylic acids is 1. The Morgan fingerprint density at radius 3 is 2.56 bits per heavy atom. The van der Waals surface area contributed by atoms with Crippen LogP contribution in [-0.4, -0.2) is 67.1 Å². The predicted octanol–water partition coefficient (Wildman–Crippen LogP) is 0.847. The molecule has 1 aliphatic carbocycles. The summed E-state index contributed by atoms with van der Waals surface area (Å²) in [5.74, 6) is 0.0571. The Morgan fingerprint density at radius 1 is 1.25 bits per heavy atom. The lowest BCUT2D eigenvalue weighted by atomic mass is 10.1. The standard InChI is InChI=1S/C20H24N8O3S/c1-32(30,31)28-8-6-27(7-9-28)17-5-4-15(10-13(17)11-21)25-20-23-12-16(18(22)29)19(26-20)24-14-2-3-14/h4-5,10,12,14H,2-3,6-9H2,1H3,(H2,22,29)(H2,23,24,25,26). The van der Waals surface area contributed by atoms with E-state index in [-0.39, 0.29) is 17.6 Å². The number of hydrogen-bond donors (Lipinski definition) is 3. The molecule has 2 fully saturated rings. The average Bonchev–Trinajstić information content (AvgIpc) is 3.57. The second-order valence-electron chi connectivity index (χ2n) is 7.86. The molecule has 11 nitrogen and oxygen atoms in total. The number of primary amides is 1. The van der Waals surface area contributed by atoms with Crippen LogP contribution in [0.25, 0.3) is 0 Å². The number of sulfonamides is 1. The molecule has 4 N–H and O–H groups in total. The molecule has 1 amide bonds. The molecule has 1 aliphatic heterocycles. The minimum absolute atomic E-state index is 0.226. The first-order valence-corrected chi connectivity index (χ1v) is 12.0. The predicted molar refractivity (Wildman–Crippen MR) is 120 cm³/mol. The van der Waals surface area contributed by atoms with Gasteiger partial charge in [-0.05, 0) is 31.0 Å². The highest BCUT2D eigenvalue weighted by Crippen LogP contribution is 2.28. The molecule has 2 aromatic rings. The number of nitrogens with zero attached hydrogens (tertiary/aromatic N) is 5. The third-order valence-electron chi connectivity index (χ3n) is 5.39. The summed E-state index contributed by atoms with van der Waals surface area (Å²) in [6, 6.07) is 7.80. The van der Waals surface area contributed by atoms with Crippen LogP contribution >= 0.6 is 0 Å². The van der Waals surface area contributed by atoms with E-state index in [0.717, 1.165) is 18.5 Å². The molecule has 0 unspecified atom stereocenters. The van der Waals surface area contributed by atoms with Gasteiger partial charge in [-0.2, -0.15) is 14.6 Å². The fourth-order valence-corrected chi connectivity index (χ4v) is 4.35. The molecule has 32 heavy (non-hydrogen) atoms. The smallest absolute Gasteiger partial charge is 0.254 e. The van der Waals surface area contributed by atoms with E-state index < -0.39 is 15.9 Å². The summed E-state index contributed by atoms with van der Waals surface area (Å²) in [4.78, 5) is 22.2. The fourth-order valence-electron chi connectivity index (χ4n) is 3.52. The molecule has 0 atom stereocenters. The summed E-state index contributed by atoms with van der Waals surface area (Å²) in [7, 11) is -3.22. The van der Waals surface area contributed by atoms with Crippen LogP contribution in [0, 0.1) is 11.3 Å². The second-order valence-corrected chi connectivity index (χ2v) is 9.84. The van der Waals surface area contributed by atoms with Crippen LogP contribution < -0.4 is 21.3 Å². The molecular weight excluding hydrogens is 432 g/mol. The fraction of sp³-hybridized carbons (Fsp3) is 0.400. The van der Waals surface area contributed by atoms with Crippen molar-refractivity contribution in [3.8, 4) is 6.07 Å². The summed E-state index contributed by atoms with van der Waals surface area (Å²) in [5, 5.41) is 15.9. The molecule has 1 aromatic carbocycles. The van der Waals surface area contributed by atoms with E-state index in [0.29, 0.717) is 43.2 Å². The molecule has 0 bridgehead atoms. The second kappa shape index (κ2) is 8.60. The van der Waals surface area contributed by atoms with Crippen molar-refractivity contribution in [2.24, 2.45) is 5.73 Å². The lowest BCUT2D eigenvalue weighted by Crippen LogP contribution is -2.48. The van der Waals surface area contributed by atoms with Gasteiger partial charge in [-0.25, -0.2) is 13.4 Å². The highest BCUT2D eigenvalue weighted by molar-refractivity contribution is 7.88. The molecule has 4 rings (SSSR count). The van der Waals surface area contributed by atoms with Gasteiger partial charge >= 0.3 is 0 Å². The van der Waals surface area contributed by atoms with Crippen molar-refractivity contribution in [2.45, 2.75) is 18.9 Å². The van der Waals surface area contributed by atoms with Gasteiger partial charge in [0.2, 0.25) is 16.0 Å². The monoisotopic (exact) mass is 456 g/mol. The summed E-state index contributed by atoms with van der Waals surface area (Å²) in [6.07, 6.45) is 4.60. The van der Waals surface area contributed by atoms with E-state index >= 15 is 0 Å². The molecule has 1 aromatic heterocycles. The van der Waals surface area contributed by atoms with E-state index in [2.05, 4.69) is 26.7 Å². The highest BCUT2D eigenvalue weighted by atomic mass is 32.2. The van der Waals surface area contributed by atoms with Crippen LogP contribution in [0.2, 0.25) is 0 Å². The van der Waals surface area contributed by atoms with E-state index in [4.69, 9.17) is 5.73 Å². The van der Waals surface area contributed by atoms with Crippen molar-refractivity contribution >= 4 is 39.1 Å². The topological polar surface area (TPSA) is 157 Å². The van der Waals surface area contributed by atoms with Gasteiger partial charge in [-0.3, -0.25) is 4.79 Å². The average molecular weight is 457 g/mol. The van der Waals surface area contributed by atoms with Crippen molar-refractivity contribution in [3.05, 3.63) is 35.5 Å². The number of benzene rings is 1. The zero-order valence-corrected chi connectivity index (χ0v) is 18.4. The van der Waals surface area contributed by atoms with E-state index in [1.807, 2.05) is 11.0 Å². The number of hydrogen-bond acceptors (Lipinski definition) is 9.